The zero-order valence-electron chi connectivity index (χ0n) is 17.7. The Labute approximate surface area is 170 Å². The van der Waals surface area contributed by atoms with Gasteiger partial charge in [0.1, 0.15) is 17.4 Å². The lowest BCUT2D eigenvalue weighted by atomic mass is 9.46. The Bertz CT molecular complexity index is 949. The van der Waals surface area contributed by atoms with Gasteiger partial charge < -0.3 is 20.1 Å². The van der Waals surface area contributed by atoms with Gasteiger partial charge in [-0.25, -0.2) is 0 Å². The van der Waals surface area contributed by atoms with Crippen LogP contribution in [-0.4, -0.2) is 33.5 Å². The first-order valence-corrected chi connectivity index (χ1v) is 10.4. The van der Waals surface area contributed by atoms with Crippen molar-refractivity contribution in [2.24, 2.45) is 11.3 Å². The summed E-state index contributed by atoms with van der Waals surface area (Å²) in [6, 6.07) is 1.70. The van der Waals surface area contributed by atoms with Gasteiger partial charge in [-0.15, -0.1) is 0 Å². The summed E-state index contributed by atoms with van der Waals surface area (Å²) in [6.45, 7) is 9.11. The molecule has 2 heterocycles. The number of aliphatic hydroxyl groups excluding tert-OH is 2. The molecule has 1 saturated carbocycles. The van der Waals surface area contributed by atoms with E-state index in [4.69, 9.17) is 4.74 Å². The second-order valence-corrected chi connectivity index (χ2v) is 9.95. The summed E-state index contributed by atoms with van der Waals surface area (Å²) >= 11 is 0. The molecule has 0 aromatic heterocycles. The molecule has 1 saturated heterocycles. The van der Waals surface area contributed by atoms with E-state index in [9.17, 15) is 24.9 Å². The van der Waals surface area contributed by atoms with E-state index in [1.165, 1.54) is 6.92 Å². The number of fused-ring (bicyclic) bond motifs is 1. The third-order valence-corrected chi connectivity index (χ3v) is 7.49. The minimum absolute atomic E-state index is 0.150. The van der Waals surface area contributed by atoms with Gasteiger partial charge in [0.15, 0.2) is 17.5 Å². The SMILES string of the molecule is CC(=O)c1c(O)c(C(C)C)cc2c(c1=O)[C@@]13CCCC(C)(C)[C@@H]1[C@@H](O)[C@@H]2O[C@H]3O. The van der Waals surface area contributed by atoms with Gasteiger partial charge in [0.2, 0.25) is 0 Å². The van der Waals surface area contributed by atoms with Crippen LogP contribution in [-0.2, 0) is 10.2 Å². The molecule has 3 N–H and O–H groups in total. The molecule has 2 aliphatic carbocycles. The average molecular weight is 402 g/mol. The third kappa shape index (κ3) is 2.52. The fourth-order valence-electron chi connectivity index (χ4n) is 6.35. The molecule has 2 aliphatic heterocycles. The highest BCUT2D eigenvalue weighted by Gasteiger charge is 2.67. The summed E-state index contributed by atoms with van der Waals surface area (Å²) < 4.78 is 5.85. The standard InChI is InChI=1S/C23H30O6/c1-10(2)12-9-13-15(17(26)14(11(3)24)16(12)25)23-8-6-7-22(4,5)20(23)18(27)19(13)29-21(23)28/h9-10,18-21,25,27-28H,6-8H2,1-5H3/t18-,19+,20-,21+,23-/m0/s1. The molecule has 2 bridgehead atoms. The van der Waals surface area contributed by atoms with Gasteiger partial charge in [-0.05, 0) is 48.3 Å². The third-order valence-electron chi connectivity index (χ3n) is 7.49. The van der Waals surface area contributed by atoms with E-state index in [1.54, 1.807) is 6.07 Å². The predicted molar refractivity (Wildman–Crippen MR) is 107 cm³/mol. The average Bonchev–Trinajstić information content (AvgIpc) is 2.71. The maximum Gasteiger partial charge on any atom is 0.197 e. The van der Waals surface area contributed by atoms with E-state index in [1.807, 2.05) is 27.7 Å². The van der Waals surface area contributed by atoms with E-state index in [0.717, 1.165) is 12.8 Å². The number of Topliss-reactive ketones (excluding diaryl/α,β-unsaturated/α-hetero) is 1. The van der Waals surface area contributed by atoms with Crippen molar-refractivity contribution in [1.82, 2.24) is 0 Å². The van der Waals surface area contributed by atoms with Crippen LogP contribution in [0.4, 0.5) is 0 Å². The number of rotatable bonds is 2. The molecule has 2 fully saturated rings. The largest absolute Gasteiger partial charge is 0.507 e. The number of ether oxygens (including phenoxy) is 1. The van der Waals surface area contributed by atoms with Gasteiger partial charge in [0.05, 0.1) is 11.5 Å². The van der Waals surface area contributed by atoms with Crippen molar-refractivity contribution in [3.8, 4) is 5.75 Å². The summed E-state index contributed by atoms with van der Waals surface area (Å²) in [5.74, 6) is -1.35. The Balaban J connectivity index is 2.19. The maximum atomic E-state index is 13.7. The summed E-state index contributed by atoms with van der Waals surface area (Å²) in [5, 5.41) is 33.2. The normalized spacial score (nSPS) is 34.6. The van der Waals surface area contributed by atoms with Crippen LogP contribution >= 0.6 is 0 Å². The molecule has 1 aromatic rings. The quantitative estimate of drug-likeness (QED) is 0.657. The zero-order chi connectivity index (χ0) is 21.5. The second-order valence-electron chi connectivity index (χ2n) is 9.95. The molecule has 4 aliphatic rings. The van der Waals surface area contributed by atoms with Gasteiger partial charge >= 0.3 is 0 Å². The smallest absolute Gasteiger partial charge is 0.197 e. The molecule has 5 rings (SSSR count). The first kappa shape index (κ1) is 20.5. The van der Waals surface area contributed by atoms with Gasteiger partial charge in [0.25, 0.3) is 0 Å². The molecule has 0 radical (unpaired) electrons. The van der Waals surface area contributed by atoms with Crippen LogP contribution in [0.25, 0.3) is 0 Å². The van der Waals surface area contributed by atoms with Crippen LogP contribution in [0.3, 0.4) is 0 Å². The van der Waals surface area contributed by atoms with Crippen LogP contribution in [0.15, 0.2) is 10.9 Å². The van der Waals surface area contributed by atoms with Crippen molar-refractivity contribution < 1.29 is 24.9 Å². The predicted octanol–water partition coefficient (Wildman–Crippen LogP) is 2.91. The van der Waals surface area contributed by atoms with Crippen LogP contribution in [0.2, 0.25) is 0 Å². The summed E-state index contributed by atoms with van der Waals surface area (Å²) in [6.07, 6.45) is -0.898. The maximum absolute atomic E-state index is 13.7. The summed E-state index contributed by atoms with van der Waals surface area (Å²) in [4.78, 5) is 26.1. The lowest BCUT2D eigenvalue weighted by Gasteiger charge is -2.63. The molecule has 5 atom stereocenters. The lowest BCUT2D eigenvalue weighted by Crippen LogP contribution is -2.68. The number of hydrogen-bond acceptors (Lipinski definition) is 6. The minimum Gasteiger partial charge on any atom is -0.507 e. The van der Waals surface area contributed by atoms with Gasteiger partial charge in [-0.2, -0.15) is 0 Å². The molecule has 0 unspecified atom stereocenters. The number of aromatic hydroxyl groups is 1. The molecule has 1 spiro atoms. The Kier molecular flexibility index (Phi) is 4.50. The Morgan fingerprint density at radius 3 is 2.48 bits per heavy atom. The fourth-order valence-corrected chi connectivity index (χ4v) is 6.35. The zero-order valence-corrected chi connectivity index (χ0v) is 17.7. The summed E-state index contributed by atoms with van der Waals surface area (Å²) in [5.41, 5.74) is -0.899. The van der Waals surface area contributed by atoms with Crippen molar-refractivity contribution in [2.45, 2.75) is 83.7 Å². The second kappa shape index (κ2) is 6.37. The molecular formula is C23H30O6. The highest BCUT2D eigenvalue weighted by molar-refractivity contribution is 5.97. The van der Waals surface area contributed by atoms with Crippen molar-refractivity contribution in [3.05, 3.63) is 38.5 Å². The van der Waals surface area contributed by atoms with Gasteiger partial charge in [0, 0.05) is 11.5 Å². The Morgan fingerprint density at radius 2 is 1.90 bits per heavy atom. The van der Waals surface area contributed by atoms with Gasteiger partial charge in [-0.3, -0.25) is 9.59 Å². The molecule has 6 heteroatoms. The molecule has 158 valence electrons. The summed E-state index contributed by atoms with van der Waals surface area (Å²) in [7, 11) is 0. The number of carbonyl (C=O) groups excluding carboxylic acids is 1. The Morgan fingerprint density at radius 1 is 1.24 bits per heavy atom. The number of carbonyl (C=O) groups is 1. The number of ketones is 1. The highest BCUT2D eigenvalue weighted by Crippen LogP contribution is 2.64. The van der Waals surface area contributed by atoms with Crippen molar-refractivity contribution >= 4 is 5.78 Å². The van der Waals surface area contributed by atoms with E-state index >= 15 is 0 Å². The molecule has 6 nitrogen and oxygen atoms in total. The lowest BCUT2D eigenvalue weighted by molar-refractivity contribution is -0.303. The minimum atomic E-state index is -1.24. The van der Waals surface area contributed by atoms with E-state index in [2.05, 4.69) is 0 Å². The highest BCUT2D eigenvalue weighted by atomic mass is 16.6. The first-order valence-electron chi connectivity index (χ1n) is 10.4. The van der Waals surface area contributed by atoms with Crippen molar-refractivity contribution in [3.63, 3.8) is 0 Å². The van der Waals surface area contributed by atoms with Crippen LogP contribution in [0.1, 0.15) is 93.0 Å². The van der Waals surface area contributed by atoms with E-state index in [-0.39, 0.29) is 28.6 Å². The first-order chi connectivity index (χ1) is 13.4. The molecule has 0 amide bonds. The van der Waals surface area contributed by atoms with Crippen LogP contribution < -0.4 is 5.43 Å². The van der Waals surface area contributed by atoms with Crippen LogP contribution in [0.5, 0.6) is 5.75 Å². The van der Waals surface area contributed by atoms with Gasteiger partial charge in [-0.1, -0.05) is 34.1 Å². The molecule has 1 aromatic carbocycles. The number of hydrogen-bond donors (Lipinski definition) is 3. The van der Waals surface area contributed by atoms with Crippen molar-refractivity contribution in [2.75, 3.05) is 0 Å². The van der Waals surface area contributed by atoms with Crippen molar-refractivity contribution in [1.29, 1.82) is 0 Å². The van der Waals surface area contributed by atoms with Crippen LogP contribution in [0, 0.1) is 11.3 Å². The number of aliphatic hydroxyl groups is 2. The molecular weight excluding hydrogens is 372 g/mol. The van der Waals surface area contributed by atoms with E-state index < -0.39 is 35.1 Å². The Hall–Kier alpha value is -1.76. The topological polar surface area (TPSA) is 104 Å². The fraction of sp³-hybridized carbons (Fsp3) is 0.652. The monoisotopic (exact) mass is 402 g/mol. The molecule has 29 heavy (non-hydrogen) atoms. The van der Waals surface area contributed by atoms with E-state index in [0.29, 0.717) is 23.1 Å².